The van der Waals surface area contributed by atoms with Gasteiger partial charge in [-0.15, -0.1) is 0 Å². The molecule has 120 valence electrons. The van der Waals surface area contributed by atoms with Crippen LogP contribution >= 0.6 is 0 Å². The average Bonchev–Trinajstić information content (AvgIpc) is 2.34. The largest absolute Gasteiger partial charge is 0.401 e. The fourth-order valence-corrected chi connectivity index (χ4v) is 3.08. The Kier molecular flexibility index (Phi) is 5.15. The van der Waals surface area contributed by atoms with Gasteiger partial charge in [-0.3, -0.25) is 4.90 Å². The zero-order valence-corrected chi connectivity index (χ0v) is 12.9. The molecule has 1 N–H and O–H groups in total. The van der Waals surface area contributed by atoms with Crippen molar-refractivity contribution in [2.24, 2.45) is 5.92 Å². The molecule has 1 rings (SSSR count). The van der Waals surface area contributed by atoms with Gasteiger partial charge >= 0.3 is 6.18 Å². The summed E-state index contributed by atoms with van der Waals surface area (Å²) in [6.45, 7) is 8.64. The second kappa shape index (κ2) is 5.81. The minimum Gasteiger partial charge on any atom is -0.390 e. The van der Waals surface area contributed by atoms with E-state index in [1.54, 1.807) is 13.8 Å². The third kappa shape index (κ3) is 4.33. The Morgan fingerprint density at radius 1 is 1.15 bits per heavy atom. The van der Waals surface area contributed by atoms with Crippen LogP contribution in [0.2, 0.25) is 0 Å². The molecule has 3 nitrogen and oxygen atoms in total. The molecule has 0 aromatic rings. The highest BCUT2D eigenvalue weighted by molar-refractivity contribution is 5.02. The molecule has 0 saturated carbocycles. The van der Waals surface area contributed by atoms with Crippen molar-refractivity contribution in [3.05, 3.63) is 0 Å². The topological polar surface area (TPSA) is 32.7 Å². The van der Waals surface area contributed by atoms with Crippen LogP contribution in [0.1, 0.15) is 41.0 Å². The van der Waals surface area contributed by atoms with Crippen LogP contribution in [0.15, 0.2) is 0 Å². The predicted molar refractivity (Wildman–Crippen MR) is 71.5 cm³/mol. The predicted octanol–water partition coefficient (Wildman–Crippen LogP) is 2.83. The second-order valence-corrected chi connectivity index (χ2v) is 6.71. The van der Waals surface area contributed by atoms with Gasteiger partial charge in [0.1, 0.15) is 0 Å². The highest BCUT2D eigenvalue weighted by Crippen LogP contribution is 2.42. The molecule has 2 unspecified atom stereocenters. The Morgan fingerprint density at radius 2 is 1.70 bits per heavy atom. The number of nitrogens with zero attached hydrogens (tertiary/aromatic N) is 1. The van der Waals surface area contributed by atoms with E-state index in [9.17, 15) is 18.3 Å². The third-order valence-electron chi connectivity index (χ3n) is 3.91. The molecule has 0 amide bonds. The van der Waals surface area contributed by atoms with E-state index in [-0.39, 0.29) is 12.5 Å². The van der Waals surface area contributed by atoms with E-state index in [1.807, 2.05) is 20.8 Å². The summed E-state index contributed by atoms with van der Waals surface area (Å²) in [6.07, 6.45) is -4.35. The SMILES string of the molecule is CCCN(CC1C(O)C(C)(C)OC1(C)C)CC(F)(F)F. The zero-order valence-electron chi connectivity index (χ0n) is 12.9. The first-order valence-electron chi connectivity index (χ1n) is 7.06. The van der Waals surface area contributed by atoms with E-state index in [0.29, 0.717) is 13.0 Å². The van der Waals surface area contributed by atoms with Crippen LogP contribution in [0.3, 0.4) is 0 Å². The Hall–Kier alpha value is -0.330. The van der Waals surface area contributed by atoms with Crippen LogP contribution < -0.4 is 0 Å². The molecule has 20 heavy (non-hydrogen) atoms. The number of rotatable bonds is 5. The summed E-state index contributed by atoms with van der Waals surface area (Å²) in [5.41, 5.74) is -1.37. The summed E-state index contributed by atoms with van der Waals surface area (Å²) in [5.74, 6) is -0.341. The van der Waals surface area contributed by atoms with Crippen LogP contribution in [-0.2, 0) is 4.74 Å². The van der Waals surface area contributed by atoms with Gasteiger partial charge in [0.15, 0.2) is 0 Å². The van der Waals surface area contributed by atoms with Crippen molar-refractivity contribution >= 4 is 0 Å². The van der Waals surface area contributed by atoms with Crippen LogP contribution in [-0.4, -0.2) is 53.1 Å². The highest BCUT2D eigenvalue weighted by atomic mass is 19.4. The Labute approximate surface area is 119 Å². The maximum Gasteiger partial charge on any atom is 0.401 e. The molecule has 0 aromatic heterocycles. The van der Waals surface area contributed by atoms with E-state index in [2.05, 4.69) is 0 Å². The number of alkyl halides is 3. The quantitative estimate of drug-likeness (QED) is 0.847. The number of hydrogen-bond acceptors (Lipinski definition) is 3. The number of ether oxygens (including phenoxy) is 1. The number of hydrogen-bond donors (Lipinski definition) is 1. The molecule has 1 fully saturated rings. The smallest absolute Gasteiger partial charge is 0.390 e. The standard InChI is InChI=1S/C14H26F3NO2/c1-6-7-18(9-14(15,16)17)8-10-11(19)13(4,5)20-12(10,2)3/h10-11,19H,6-9H2,1-5H3. The molecule has 0 spiro atoms. The molecule has 1 aliphatic rings. The summed E-state index contributed by atoms with van der Waals surface area (Å²) < 4.78 is 43.6. The first-order chi connectivity index (χ1) is 8.89. The number of aliphatic hydroxyl groups excluding tert-OH is 1. The van der Waals surface area contributed by atoms with Crippen molar-refractivity contribution in [1.29, 1.82) is 0 Å². The van der Waals surface area contributed by atoms with Crippen molar-refractivity contribution in [3.8, 4) is 0 Å². The second-order valence-electron chi connectivity index (χ2n) is 6.71. The minimum atomic E-state index is -4.22. The number of halogens is 3. The molecule has 1 heterocycles. The molecule has 2 atom stereocenters. The Morgan fingerprint density at radius 3 is 2.05 bits per heavy atom. The van der Waals surface area contributed by atoms with Crippen LogP contribution in [0.25, 0.3) is 0 Å². The third-order valence-corrected chi connectivity index (χ3v) is 3.91. The van der Waals surface area contributed by atoms with Gasteiger partial charge in [0.25, 0.3) is 0 Å². The lowest BCUT2D eigenvalue weighted by Gasteiger charge is -2.33. The summed E-state index contributed by atoms with van der Waals surface area (Å²) >= 11 is 0. The monoisotopic (exact) mass is 297 g/mol. The van der Waals surface area contributed by atoms with Gasteiger partial charge in [0, 0.05) is 12.5 Å². The summed E-state index contributed by atoms with van der Waals surface area (Å²) in [6, 6.07) is 0. The van der Waals surface area contributed by atoms with Crippen LogP contribution in [0.4, 0.5) is 13.2 Å². The Balaban J connectivity index is 2.82. The van der Waals surface area contributed by atoms with Crippen molar-refractivity contribution in [1.82, 2.24) is 4.90 Å². The fraction of sp³-hybridized carbons (Fsp3) is 1.00. The molecular weight excluding hydrogens is 271 g/mol. The normalized spacial score (nSPS) is 29.1. The van der Waals surface area contributed by atoms with E-state index in [1.165, 1.54) is 4.90 Å². The lowest BCUT2D eigenvalue weighted by molar-refractivity contribution is -0.149. The maximum atomic E-state index is 12.6. The molecule has 0 aliphatic carbocycles. The van der Waals surface area contributed by atoms with Crippen molar-refractivity contribution in [2.45, 2.75) is 64.5 Å². The molecular formula is C14H26F3NO2. The fourth-order valence-electron chi connectivity index (χ4n) is 3.08. The van der Waals surface area contributed by atoms with Crippen molar-refractivity contribution in [2.75, 3.05) is 19.6 Å². The van der Waals surface area contributed by atoms with Crippen molar-refractivity contribution < 1.29 is 23.0 Å². The lowest BCUT2D eigenvalue weighted by atomic mass is 9.84. The maximum absolute atomic E-state index is 12.6. The average molecular weight is 297 g/mol. The highest BCUT2D eigenvalue weighted by Gasteiger charge is 2.53. The molecule has 0 bridgehead atoms. The van der Waals surface area contributed by atoms with E-state index < -0.39 is 30.0 Å². The van der Waals surface area contributed by atoms with Gasteiger partial charge in [-0.25, -0.2) is 0 Å². The molecule has 0 aromatic carbocycles. The van der Waals surface area contributed by atoms with E-state index in [0.717, 1.165) is 0 Å². The summed E-state index contributed by atoms with van der Waals surface area (Å²) in [5, 5.41) is 10.3. The van der Waals surface area contributed by atoms with Gasteiger partial charge in [-0.05, 0) is 40.7 Å². The van der Waals surface area contributed by atoms with Crippen LogP contribution in [0.5, 0.6) is 0 Å². The van der Waals surface area contributed by atoms with Gasteiger partial charge < -0.3 is 9.84 Å². The minimum absolute atomic E-state index is 0.185. The van der Waals surface area contributed by atoms with Crippen LogP contribution in [0, 0.1) is 5.92 Å². The summed E-state index contributed by atoms with van der Waals surface area (Å²) in [7, 11) is 0. The molecule has 1 aliphatic heterocycles. The first-order valence-corrected chi connectivity index (χ1v) is 7.06. The van der Waals surface area contributed by atoms with Gasteiger partial charge in [-0.1, -0.05) is 6.92 Å². The van der Waals surface area contributed by atoms with Gasteiger partial charge in [0.2, 0.25) is 0 Å². The number of aliphatic hydroxyl groups is 1. The summed E-state index contributed by atoms with van der Waals surface area (Å²) in [4.78, 5) is 1.36. The lowest BCUT2D eigenvalue weighted by Crippen LogP contribution is -2.46. The zero-order chi connectivity index (χ0) is 15.8. The van der Waals surface area contributed by atoms with E-state index in [4.69, 9.17) is 4.74 Å². The Bertz CT molecular complexity index is 329. The van der Waals surface area contributed by atoms with Gasteiger partial charge in [0.05, 0.1) is 23.9 Å². The molecule has 6 heteroatoms. The van der Waals surface area contributed by atoms with Gasteiger partial charge in [-0.2, -0.15) is 13.2 Å². The van der Waals surface area contributed by atoms with E-state index >= 15 is 0 Å². The first kappa shape index (κ1) is 17.7. The van der Waals surface area contributed by atoms with Crippen molar-refractivity contribution in [3.63, 3.8) is 0 Å². The molecule has 0 radical (unpaired) electrons. The molecule has 1 saturated heterocycles.